The zero-order valence-corrected chi connectivity index (χ0v) is 14.9. The maximum Gasteiger partial charge on any atom is 0.408 e. The lowest BCUT2D eigenvalue weighted by molar-refractivity contribution is -0.139. The van der Waals surface area contributed by atoms with Crippen LogP contribution in [0.2, 0.25) is 0 Å². The number of alkyl carbamates (subject to hydrolysis) is 1. The van der Waals surface area contributed by atoms with Crippen molar-refractivity contribution in [3.05, 3.63) is 0 Å². The Morgan fingerprint density at radius 2 is 1.96 bits per heavy atom. The van der Waals surface area contributed by atoms with Crippen molar-refractivity contribution in [3.8, 4) is 0 Å². The van der Waals surface area contributed by atoms with Crippen molar-refractivity contribution in [3.63, 3.8) is 0 Å². The van der Waals surface area contributed by atoms with Crippen molar-refractivity contribution >= 4 is 21.8 Å². The highest BCUT2D eigenvalue weighted by atomic mass is 32.2. The number of carboxylic acids is 1. The number of carbonyl (C=O) groups excluding carboxylic acids is 1. The van der Waals surface area contributed by atoms with Crippen LogP contribution in [0.15, 0.2) is 0 Å². The number of carbonyl (C=O) groups is 2. The van der Waals surface area contributed by atoms with E-state index in [1.54, 1.807) is 20.8 Å². The second-order valence-electron chi connectivity index (χ2n) is 7.13. The maximum atomic E-state index is 12.2. The van der Waals surface area contributed by atoms with Crippen molar-refractivity contribution in [2.45, 2.75) is 64.5 Å². The van der Waals surface area contributed by atoms with Gasteiger partial charge in [0.05, 0.1) is 0 Å². The van der Waals surface area contributed by atoms with Crippen molar-refractivity contribution in [2.24, 2.45) is 5.92 Å². The SMILES string of the molecule is CC(C)(C)OC(=O)N[C@@H](CCS(=N)(=O)CCCC1CC1)C(=O)O. The second-order valence-corrected chi connectivity index (χ2v) is 9.57. The summed E-state index contributed by atoms with van der Waals surface area (Å²) in [5, 5.41) is 11.4. The van der Waals surface area contributed by atoms with Gasteiger partial charge < -0.3 is 15.2 Å². The number of rotatable bonds is 9. The van der Waals surface area contributed by atoms with Crippen LogP contribution in [-0.4, -0.2) is 44.5 Å². The Labute approximate surface area is 138 Å². The van der Waals surface area contributed by atoms with Crippen LogP contribution in [0.5, 0.6) is 0 Å². The fourth-order valence-corrected chi connectivity index (χ4v) is 3.58. The summed E-state index contributed by atoms with van der Waals surface area (Å²) in [6.07, 6.45) is 3.31. The number of aliphatic carboxylic acids is 1. The normalized spacial score (nSPS) is 18.7. The number of carboxylic acid groups (broad SMARTS) is 1. The second kappa shape index (κ2) is 7.99. The van der Waals surface area contributed by atoms with Crippen LogP contribution >= 0.6 is 0 Å². The van der Waals surface area contributed by atoms with Crippen molar-refractivity contribution in [2.75, 3.05) is 11.5 Å². The molecule has 0 aromatic heterocycles. The van der Waals surface area contributed by atoms with Crippen LogP contribution < -0.4 is 5.32 Å². The third kappa shape index (κ3) is 9.43. The van der Waals surface area contributed by atoms with Gasteiger partial charge in [0.1, 0.15) is 11.6 Å². The standard InChI is InChI=1S/C15H28N2O5S/c1-15(2,3)22-14(20)17-12(13(18)19)8-10-23(16,21)9-4-5-11-6-7-11/h11-12,16H,4-10H2,1-3H3,(H,17,20)(H,18,19)/t12-,23?/m0/s1. The number of hydrogen-bond donors (Lipinski definition) is 3. The van der Waals surface area contributed by atoms with Crippen molar-refractivity contribution in [1.82, 2.24) is 5.32 Å². The van der Waals surface area contributed by atoms with E-state index in [0.717, 1.165) is 18.8 Å². The summed E-state index contributed by atoms with van der Waals surface area (Å²) in [5.41, 5.74) is -0.723. The monoisotopic (exact) mass is 348 g/mol. The van der Waals surface area contributed by atoms with Crippen LogP contribution in [0, 0.1) is 10.7 Å². The zero-order valence-electron chi connectivity index (χ0n) is 14.1. The van der Waals surface area contributed by atoms with Gasteiger partial charge in [0.2, 0.25) is 0 Å². The predicted octanol–water partition coefficient (Wildman–Crippen LogP) is 2.59. The smallest absolute Gasteiger partial charge is 0.408 e. The van der Waals surface area contributed by atoms with Crippen LogP contribution in [0.3, 0.4) is 0 Å². The van der Waals surface area contributed by atoms with Crippen LogP contribution in [0.25, 0.3) is 0 Å². The van der Waals surface area contributed by atoms with E-state index in [2.05, 4.69) is 5.32 Å². The third-order valence-electron chi connectivity index (χ3n) is 3.51. The van der Waals surface area contributed by atoms with Gasteiger partial charge in [-0.15, -0.1) is 0 Å². The van der Waals surface area contributed by atoms with E-state index in [0.29, 0.717) is 5.75 Å². The topological polar surface area (TPSA) is 117 Å². The molecule has 1 fully saturated rings. The summed E-state index contributed by atoms with van der Waals surface area (Å²) >= 11 is 0. The summed E-state index contributed by atoms with van der Waals surface area (Å²) in [6.45, 7) is 5.04. The van der Waals surface area contributed by atoms with Gasteiger partial charge in [-0.1, -0.05) is 12.8 Å². The Morgan fingerprint density at radius 1 is 1.35 bits per heavy atom. The summed E-state index contributed by atoms with van der Waals surface area (Å²) in [6, 6.07) is -1.19. The Hall–Kier alpha value is -1.31. The minimum absolute atomic E-state index is 0.0373. The first kappa shape index (κ1) is 19.7. The molecule has 0 bridgehead atoms. The third-order valence-corrected chi connectivity index (χ3v) is 5.35. The van der Waals surface area contributed by atoms with E-state index in [-0.39, 0.29) is 12.2 Å². The van der Waals surface area contributed by atoms with E-state index in [1.165, 1.54) is 12.8 Å². The molecule has 0 aromatic carbocycles. The summed E-state index contributed by atoms with van der Waals surface area (Å²) in [5.74, 6) is -0.234. The first-order chi connectivity index (χ1) is 10.5. The molecule has 7 nitrogen and oxygen atoms in total. The number of ether oxygens (including phenoxy) is 1. The van der Waals surface area contributed by atoms with Gasteiger partial charge in [0.25, 0.3) is 0 Å². The lowest BCUT2D eigenvalue weighted by Gasteiger charge is -2.22. The van der Waals surface area contributed by atoms with E-state index in [4.69, 9.17) is 14.6 Å². The molecule has 0 radical (unpaired) electrons. The molecule has 1 aliphatic rings. The van der Waals surface area contributed by atoms with Crippen LogP contribution in [0.1, 0.15) is 52.9 Å². The minimum atomic E-state index is -2.80. The Balaban J connectivity index is 2.41. The molecule has 0 aliphatic heterocycles. The Bertz CT molecular complexity index is 520. The van der Waals surface area contributed by atoms with Crippen molar-refractivity contribution in [1.29, 1.82) is 4.78 Å². The number of amides is 1. The van der Waals surface area contributed by atoms with E-state index in [9.17, 15) is 13.8 Å². The van der Waals surface area contributed by atoms with Gasteiger partial charge in [-0.2, -0.15) is 0 Å². The lowest BCUT2D eigenvalue weighted by Crippen LogP contribution is -2.44. The molecule has 23 heavy (non-hydrogen) atoms. The van der Waals surface area contributed by atoms with E-state index in [1.807, 2.05) is 0 Å². The van der Waals surface area contributed by atoms with Gasteiger partial charge >= 0.3 is 12.1 Å². The van der Waals surface area contributed by atoms with Gasteiger partial charge in [-0.3, -0.25) is 4.78 Å². The van der Waals surface area contributed by atoms with E-state index >= 15 is 0 Å². The highest BCUT2D eigenvalue weighted by molar-refractivity contribution is 7.92. The maximum absolute atomic E-state index is 12.2. The minimum Gasteiger partial charge on any atom is -0.480 e. The molecule has 1 amide bonds. The van der Waals surface area contributed by atoms with Crippen molar-refractivity contribution < 1.29 is 23.6 Å². The molecule has 1 rings (SSSR count). The molecular weight excluding hydrogens is 320 g/mol. The summed E-state index contributed by atoms with van der Waals surface area (Å²) in [7, 11) is -2.80. The molecule has 3 N–H and O–H groups in total. The first-order valence-electron chi connectivity index (χ1n) is 7.95. The molecule has 2 atom stereocenters. The fraction of sp³-hybridized carbons (Fsp3) is 0.867. The van der Waals surface area contributed by atoms with Gasteiger partial charge in [-0.25, -0.2) is 13.8 Å². The first-order valence-corrected chi connectivity index (χ1v) is 9.84. The van der Waals surface area contributed by atoms with E-state index < -0.39 is 33.4 Å². The average Bonchev–Trinajstić information content (AvgIpc) is 3.15. The number of nitrogens with one attached hydrogen (secondary N) is 2. The number of hydrogen-bond acceptors (Lipinski definition) is 5. The molecule has 1 unspecified atom stereocenters. The average molecular weight is 348 g/mol. The molecule has 1 aliphatic carbocycles. The summed E-state index contributed by atoms with van der Waals surface area (Å²) in [4.78, 5) is 22.8. The molecule has 0 heterocycles. The van der Waals surface area contributed by atoms with Gasteiger partial charge in [-0.05, 0) is 46.0 Å². The largest absolute Gasteiger partial charge is 0.480 e. The predicted molar refractivity (Wildman–Crippen MR) is 88.0 cm³/mol. The molecule has 134 valence electrons. The molecule has 0 spiro atoms. The molecule has 0 aromatic rings. The quantitative estimate of drug-likeness (QED) is 0.592. The van der Waals surface area contributed by atoms with Crippen LogP contribution in [-0.2, 0) is 19.3 Å². The molecule has 8 heteroatoms. The highest BCUT2D eigenvalue weighted by Gasteiger charge is 2.25. The Morgan fingerprint density at radius 3 is 2.43 bits per heavy atom. The van der Waals surface area contributed by atoms with Gasteiger partial charge in [0, 0.05) is 21.2 Å². The summed E-state index contributed by atoms with van der Waals surface area (Å²) < 4.78 is 25.0. The lowest BCUT2D eigenvalue weighted by atomic mass is 10.2. The molecule has 1 saturated carbocycles. The molecule has 0 saturated heterocycles. The van der Waals surface area contributed by atoms with Crippen LogP contribution in [0.4, 0.5) is 4.79 Å². The Kier molecular flexibility index (Phi) is 6.85. The molecular formula is C15H28N2O5S. The zero-order chi connectivity index (χ0) is 17.7. The highest BCUT2D eigenvalue weighted by Crippen LogP contribution is 2.33. The fourth-order valence-electron chi connectivity index (χ4n) is 2.13. The van der Waals surface area contributed by atoms with Gasteiger partial charge in [0.15, 0.2) is 0 Å².